The van der Waals surface area contributed by atoms with Gasteiger partial charge in [-0.1, -0.05) is 17.7 Å². The van der Waals surface area contributed by atoms with Gasteiger partial charge in [-0.2, -0.15) is 0 Å². The quantitative estimate of drug-likeness (QED) is 0.742. The highest BCUT2D eigenvalue weighted by atomic mass is 35.5. The van der Waals surface area contributed by atoms with E-state index in [2.05, 4.69) is 10.3 Å². The lowest BCUT2D eigenvalue weighted by atomic mass is 10.1. The zero-order valence-corrected chi connectivity index (χ0v) is 15.5. The molecule has 5 nitrogen and oxygen atoms in total. The summed E-state index contributed by atoms with van der Waals surface area (Å²) in [4.78, 5) is 31.3. The molecule has 2 heterocycles. The molecule has 1 aliphatic heterocycles. The van der Waals surface area contributed by atoms with Crippen LogP contribution < -0.4 is 10.2 Å². The van der Waals surface area contributed by atoms with Gasteiger partial charge in [0, 0.05) is 34.8 Å². The molecule has 3 aromatic rings. The lowest BCUT2D eigenvalue weighted by Crippen LogP contribution is -2.28. The number of carbonyl (C=O) groups excluding carboxylic acids is 2. The standard InChI is InChI=1S/C21H18ClN3O2/c1-13-5-10-17-18(23-13)3-2-4-19(17)24-21(27)14-11-20(26)25(12-14)16-8-6-15(22)7-9-16/h2-10,14H,11-12H2,1H3,(H,24,27)/t14-/m1/s1. The van der Waals surface area contributed by atoms with Gasteiger partial charge in [-0.3, -0.25) is 14.6 Å². The third-order valence-electron chi connectivity index (χ3n) is 4.76. The molecular weight excluding hydrogens is 362 g/mol. The number of nitrogens with one attached hydrogen (secondary N) is 1. The summed E-state index contributed by atoms with van der Waals surface area (Å²) >= 11 is 5.91. The average molecular weight is 380 g/mol. The summed E-state index contributed by atoms with van der Waals surface area (Å²) in [6.07, 6.45) is 0.191. The maximum atomic E-state index is 12.8. The van der Waals surface area contributed by atoms with Crippen LogP contribution in [-0.2, 0) is 9.59 Å². The molecule has 2 aromatic carbocycles. The van der Waals surface area contributed by atoms with Crippen LogP contribution in [0.3, 0.4) is 0 Å². The molecule has 1 aromatic heterocycles. The number of nitrogens with zero attached hydrogens (tertiary/aromatic N) is 2. The minimum absolute atomic E-state index is 0.0623. The van der Waals surface area contributed by atoms with E-state index in [1.165, 1.54) is 0 Å². The maximum absolute atomic E-state index is 12.8. The van der Waals surface area contributed by atoms with Gasteiger partial charge in [0.15, 0.2) is 0 Å². The first-order valence-electron chi connectivity index (χ1n) is 8.74. The Labute approximate surface area is 162 Å². The van der Waals surface area contributed by atoms with Crippen LogP contribution in [0.4, 0.5) is 11.4 Å². The van der Waals surface area contributed by atoms with Crippen LogP contribution in [0.2, 0.25) is 5.02 Å². The molecule has 0 saturated carbocycles. The van der Waals surface area contributed by atoms with Gasteiger partial charge in [0.25, 0.3) is 0 Å². The number of benzene rings is 2. The van der Waals surface area contributed by atoms with Crippen LogP contribution in [0.1, 0.15) is 12.1 Å². The second-order valence-corrected chi connectivity index (χ2v) is 7.13. The third kappa shape index (κ3) is 3.51. The molecule has 1 fully saturated rings. The summed E-state index contributed by atoms with van der Waals surface area (Å²) in [6, 6.07) is 16.6. The molecule has 0 aliphatic carbocycles. The minimum atomic E-state index is -0.401. The molecule has 0 unspecified atom stereocenters. The van der Waals surface area contributed by atoms with Gasteiger partial charge in [0.1, 0.15) is 0 Å². The molecular formula is C21H18ClN3O2. The third-order valence-corrected chi connectivity index (χ3v) is 5.02. The van der Waals surface area contributed by atoms with Gasteiger partial charge in [-0.05, 0) is 55.5 Å². The lowest BCUT2D eigenvalue weighted by Gasteiger charge is -2.17. The summed E-state index contributed by atoms with van der Waals surface area (Å²) in [5, 5.41) is 4.46. The molecule has 136 valence electrons. The van der Waals surface area contributed by atoms with Crippen molar-refractivity contribution >= 4 is 45.7 Å². The number of halogens is 1. The Morgan fingerprint density at radius 2 is 1.93 bits per heavy atom. The Bertz CT molecular complexity index is 1030. The van der Waals surface area contributed by atoms with Crippen LogP contribution in [0.25, 0.3) is 10.9 Å². The van der Waals surface area contributed by atoms with E-state index in [0.29, 0.717) is 17.3 Å². The molecule has 27 heavy (non-hydrogen) atoms. The van der Waals surface area contributed by atoms with Gasteiger partial charge in [-0.15, -0.1) is 0 Å². The normalized spacial score (nSPS) is 16.7. The van der Waals surface area contributed by atoms with E-state index in [1.807, 2.05) is 37.3 Å². The fourth-order valence-electron chi connectivity index (χ4n) is 3.35. The van der Waals surface area contributed by atoms with Crippen molar-refractivity contribution in [3.63, 3.8) is 0 Å². The topological polar surface area (TPSA) is 62.3 Å². The van der Waals surface area contributed by atoms with Gasteiger partial charge in [0.05, 0.1) is 17.1 Å². The molecule has 6 heteroatoms. The van der Waals surface area contributed by atoms with Crippen molar-refractivity contribution in [3.8, 4) is 0 Å². The van der Waals surface area contributed by atoms with Crippen molar-refractivity contribution in [1.29, 1.82) is 0 Å². The van der Waals surface area contributed by atoms with E-state index in [9.17, 15) is 9.59 Å². The summed E-state index contributed by atoms with van der Waals surface area (Å²) in [5.41, 5.74) is 3.22. The predicted molar refractivity (Wildman–Crippen MR) is 107 cm³/mol. The van der Waals surface area contributed by atoms with Crippen molar-refractivity contribution in [3.05, 3.63) is 65.3 Å². The average Bonchev–Trinajstić information content (AvgIpc) is 3.04. The fourth-order valence-corrected chi connectivity index (χ4v) is 3.48. The first-order valence-corrected chi connectivity index (χ1v) is 9.12. The highest BCUT2D eigenvalue weighted by molar-refractivity contribution is 6.30. The number of carbonyl (C=O) groups is 2. The second-order valence-electron chi connectivity index (χ2n) is 6.70. The number of pyridine rings is 1. The molecule has 1 aliphatic rings. The molecule has 2 amide bonds. The van der Waals surface area contributed by atoms with E-state index in [1.54, 1.807) is 29.2 Å². The summed E-state index contributed by atoms with van der Waals surface area (Å²) in [5.74, 6) is -0.623. The number of rotatable bonds is 3. The minimum Gasteiger partial charge on any atom is -0.325 e. The number of hydrogen-bond acceptors (Lipinski definition) is 3. The van der Waals surface area contributed by atoms with Gasteiger partial charge >= 0.3 is 0 Å². The van der Waals surface area contributed by atoms with Crippen LogP contribution in [0.15, 0.2) is 54.6 Å². The van der Waals surface area contributed by atoms with Gasteiger partial charge in [-0.25, -0.2) is 0 Å². The monoisotopic (exact) mass is 379 g/mol. The smallest absolute Gasteiger partial charge is 0.229 e. The molecule has 1 N–H and O–H groups in total. The summed E-state index contributed by atoms with van der Waals surface area (Å²) in [6.45, 7) is 2.29. The number of aromatic nitrogens is 1. The van der Waals surface area contributed by atoms with Crippen LogP contribution in [0, 0.1) is 12.8 Å². The number of fused-ring (bicyclic) bond motifs is 1. The van der Waals surface area contributed by atoms with Gasteiger partial charge < -0.3 is 10.2 Å². The first kappa shape index (κ1) is 17.5. The fraction of sp³-hybridized carbons (Fsp3) is 0.190. The van der Waals surface area contributed by atoms with E-state index >= 15 is 0 Å². The second kappa shape index (κ2) is 7.00. The largest absolute Gasteiger partial charge is 0.325 e. The number of amides is 2. The Balaban J connectivity index is 1.53. The Morgan fingerprint density at radius 1 is 1.15 bits per heavy atom. The Kier molecular flexibility index (Phi) is 4.54. The van der Waals surface area contributed by atoms with E-state index in [4.69, 9.17) is 11.6 Å². The molecule has 0 spiro atoms. The van der Waals surface area contributed by atoms with Crippen LogP contribution in [-0.4, -0.2) is 23.3 Å². The van der Waals surface area contributed by atoms with E-state index in [0.717, 1.165) is 22.3 Å². The van der Waals surface area contributed by atoms with Crippen molar-refractivity contribution in [1.82, 2.24) is 4.98 Å². The van der Waals surface area contributed by atoms with Crippen LogP contribution >= 0.6 is 11.6 Å². The van der Waals surface area contributed by atoms with Crippen molar-refractivity contribution in [2.75, 3.05) is 16.8 Å². The molecule has 4 rings (SSSR count). The van der Waals surface area contributed by atoms with E-state index < -0.39 is 5.92 Å². The maximum Gasteiger partial charge on any atom is 0.229 e. The zero-order chi connectivity index (χ0) is 19.0. The highest BCUT2D eigenvalue weighted by Gasteiger charge is 2.35. The number of aryl methyl sites for hydroxylation is 1. The van der Waals surface area contributed by atoms with Crippen molar-refractivity contribution in [2.24, 2.45) is 5.92 Å². The SMILES string of the molecule is Cc1ccc2c(NC(=O)[C@@H]3CC(=O)N(c4ccc(Cl)cc4)C3)cccc2n1. The Morgan fingerprint density at radius 3 is 2.70 bits per heavy atom. The number of anilines is 2. The van der Waals surface area contributed by atoms with E-state index in [-0.39, 0.29) is 18.2 Å². The van der Waals surface area contributed by atoms with Crippen molar-refractivity contribution < 1.29 is 9.59 Å². The highest BCUT2D eigenvalue weighted by Crippen LogP contribution is 2.28. The van der Waals surface area contributed by atoms with Crippen LogP contribution in [0.5, 0.6) is 0 Å². The number of hydrogen-bond donors (Lipinski definition) is 1. The summed E-state index contributed by atoms with van der Waals surface area (Å²) in [7, 11) is 0. The van der Waals surface area contributed by atoms with Gasteiger partial charge in [0.2, 0.25) is 11.8 Å². The first-order chi connectivity index (χ1) is 13.0. The predicted octanol–water partition coefficient (Wildman–Crippen LogP) is 4.19. The lowest BCUT2D eigenvalue weighted by molar-refractivity contribution is -0.122. The molecule has 0 bridgehead atoms. The zero-order valence-electron chi connectivity index (χ0n) is 14.8. The molecule has 0 radical (unpaired) electrons. The molecule has 1 saturated heterocycles. The summed E-state index contributed by atoms with van der Waals surface area (Å²) < 4.78 is 0. The molecule has 1 atom stereocenters. The van der Waals surface area contributed by atoms with Crippen molar-refractivity contribution in [2.45, 2.75) is 13.3 Å². The Hall–Kier alpha value is -2.92.